The van der Waals surface area contributed by atoms with Crippen LogP contribution < -0.4 is 4.74 Å². The van der Waals surface area contributed by atoms with Gasteiger partial charge in [0, 0.05) is 6.20 Å². The third-order valence-electron chi connectivity index (χ3n) is 1.81. The van der Waals surface area contributed by atoms with Gasteiger partial charge in [0.25, 0.3) is 0 Å². The highest BCUT2D eigenvalue weighted by molar-refractivity contribution is 7.19. The van der Waals surface area contributed by atoms with Gasteiger partial charge in [-0.3, -0.25) is 0 Å². The van der Waals surface area contributed by atoms with Crippen LogP contribution in [0.2, 0.25) is 0 Å². The number of thiophene rings is 1. The monoisotopic (exact) mass is 204 g/mol. The van der Waals surface area contributed by atoms with E-state index < -0.39 is 0 Å². The Hall–Kier alpha value is -1.60. The molecule has 4 heteroatoms. The first kappa shape index (κ1) is 8.97. The Bertz CT molecular complexity index is 498. The highest BCUT2D eigenvalue weighted by Gasteiger charge is 2.12. The zero-order chi connectivity index (χ0) is 9.97. The number of hydrogen-bond acceptors (Lipinski definition) is 4. The lowest BCUT2D eigenvalue weighted by Gasteiger charge is -1.99. The zero-order valence-corrected chi connectivity index (χ0v) is 8.47. The fraction of sp³-hybridized carbons (Fsp3) is 0.200. The van der Waals surface area contributed by atoms with E-state index in [0.29, 0.717) is 17.2 Å². The van der Waals surface area contributed by atoms with E-state index in [4.69, 9.17) is 10.00 Å². The molecule has 0 amide bonds. The van der Waals surface area contributed by atoms with Crippen molar-refractivity contribution in [2.24, 2.45) is 0 Å². The molecule has 3 nitrogen and oxygen atoms in total. The van der Waals surface area contributed by atoms with Crippen LogP contribution in [-0.4, -0.2) is 11.6 Å². The van der Waals surface area contributed by atoms with Crippen LogP contribution in [0, 0.1) is 11.3 Å². The van der Waals surface area contributed by atoms with Crippen LogP contribution >= 0.6 is 11.3 Å². The Morgan fingerprint density at radius 2 is 2.50 bits per heavy atom. The predicted octanol–water partition coefficient (Wildman–Crippen LogP) is 2.57. The average Bonchev–Trinajstić information content (AvgIpc) is 2.58. The van der Waals surface area contributed by atoms with E-state index in [9.17, 15) is 0 Å². The molecule has 2 aromatic rings. The zero-order valence-electron chi connectivity index (χ0n) is 7.65. The smallest absolute Gasteiger partial charge is 0.157 e. The number of pyridine rings is 1. The second kappa shape index (κ2) is 3.64. The normalized spacial score (nSPS) is 10.0. The summed E-state index contributed by atoms with van der Waals surface area (Å²) < 4.78 is 5.43. The van der Waals surface area contributed by atoms with Crippen molar-refractivity contribution < 1.29 is 4.74 Å². The van der Waals surface area contributed by atoms with E-state index in [0.717, 1.165) is 10.2 Å². The molecule has 0 aliphatic carbocycles. The fourth-order valence-corrected chi connectivity index (χ4v) is 2.16. The molecule has 14 heavy (non-hydrogen) atoms. The molecule has 0 saturated heterocycles. The van der Waals surface area contributed by atoms with Gasteiger partial charge in [0.2, 0.25) is 0 Å². The van der Waals surface area contributed by atoms with Crippen molar-refractivity contribution in [1.82, 2.24) is 4.98 Å². The number of rotatable bonds is 2. The number of ether oxygens (including phenoxy) is 1. The minimum atomic E-state index is 0.565. The first-order valence-corrected chi connectivity index (χ1v) is 5.09. The van der Waals surface area contributed by atoms with Crippen LogP contribution in [0.4, 0.5) is 0 Å². The van der Waals surface area contributed by atoms with Crippen LogP contribution in [0.25, 0.3) is 10.2 Å². The van der Waals surface area contributed by atoms with Crippen molar-refractivity contribution in [1.29, 1.82) is 5.26 Å². The van der Waals surface area contributed by atoms with E-state index >= 15 is 0 Å². The summed E-state index contributed by atoms with van der Waals surface area (Å²) in [6.45, 7) is 2.47. The summed E-state index contributed by atoms with van der Waals surface area (Å²) in [5, 5.41) is 9.83. The molecule has 0 radical (unpaired) electrons. The Morgan fingerprint density at radius 3 is 3.21 bits per heavy atom. The summed E-state index contributed by atoms with van der Waals surface area (Å²) >= 11 is 1.37. The standard InChI is InChI=1S/C10H8N2OS/c1-2-13-9-7-4-3-5-12-10(7)14-8(9)6-11/h3-5H,2H2,1H3. The number of hydrogen-bond donors (Lipinski definition) is 0. The summed E-state index contributed by atoms with van der Waals surface area (Å²) in [5.74, 6) is 0.670. The topological polar surface area (TPSA) is 45.9 Å². The van der Waals surface area contributed by atoms with Crippen LogP contribution in [0.5, 0.6) is 5.75 Å². The molecular formula is C10H8N2OS. The maximum absolute atomic E-state index is 8.90. The number of nitriles is 1. The Kier molecular flexibility index (Phi) is 2.33. The van der Waals surface area contributed by atoms with Gasteiger partial charge >= 0.3 is 0 Å². The largest absolute Gasteiger partial charge is 0.491 e. The van der Waals surface area contributed by atoms with E-state index in [2.05, 4.69) is 11.1 Å². The van der Waals surface area contributed by atoms with Crippen molar-refractivity contribution >= 4 is 21.6 Å². The third-order valence-corrected chi connectivity index (χ3v) is 2.81. The molecule has 0 bridgehead atoms. The minimum Gasteiger partial charge on any atom is -0.491 e. The van der Waals surface area contributed by atoms with E-state index in [1.54, 1.807) is 6.20 Å². The average molecular weight is 204 g/mol. The number of aromatic nitrogens is 1. The highest BCUT2D eigenvalue weighted by Crippen LogP contribution is 2.35. The molecule has 2 rings (SSSR count). The Morgan fingerprint density at radius 1 is 1.64 bits per heavy atom. The van der Waals surface area contributed by atoms with Crippen molar-refractivity contribution in [2.75, 3.05) is 6.61 Å². The predicted molar refractivity (Wildman–Crippen MR) is 55.5 cm³/mol. The first-order valence-electron chi connectivity index (χ1n) is 4.27. The lowest BCUT2D eigenvalue weighted by atomic mass is 10.3. The lowest BCUT2D eigenvalue weighted by Crippen LogP contribution is -1.91. The van der Waals surface area contributed by atoms with E-state index in [1.165, 1.54) is 11.3 Å². The van der Waals surface area contributed by atoms with Gasteiger partial charge in [-0.2, -0.15) is 5.26 Å². The molecule has 0 atom stereocenters. The molecular weight excluding hydrogens is 196 g/mol. The molecule has 0 aromatic carbocycles. The van der Waals surface area contributed by atoms with Crippen molar-refractivity contribution in [2.45, 2.75) is 6.92 Å². The maximum atomic E-state index is 8.90. The van der Waals surface area contributed by atoms with Gasteiger partial charge in [-0.05, 0) is 19.1 Å². The van der Waals surface area contributed by atoms with Crippen LogP contribution in [0.1, 0.15) is 11.8 Å². The summed E-state index contributed by atoms with van der Waals surface area (Å²) in [6.07, 6.45) is 1.72. The molecule has 0 aliphatic rings. The summed E-state index contributed by atoms with van der Waals surface area (Å²) in [5.41, 5.74) is 0. The molecule has 70 valence electrons. The van der Waals surface area contributed by atoms with Gasteiger partial charge < -0.3 is 4.74 Å². The van der Waals surface area contributed by atoms with Crippen molar-refractivity contribution in [3.8, 4) is 11.8 Å². The second-order valence-electron chi connectivity index (χ2n) is 2.66. The summed E-state index contributed by atoms with van der Waals surface area (Å²) in [4.78, 5) is 5.63. The van der Waals surface area contributed by atoms with Crippen LogP contribution in [-0.2, 0) is 0 Å². The van der Waals surface area contributed by atoms with Crippen LogP contribution in [0.15, 0.2) is 18.3 Å². The lowest BCUT2D eigenvalue weighted by molar-refractivity contribution is 0.344. The molecule has 0 aliphatic heterocycles. The molecule has 0 saturated carbocycles. The molecule has 2 aromatic heterocycles. The number of fused-ring (bicyclic) bond motifs is 1. The number of nitrogens with zero attached hydrogens (tertiary/aromatic N) is 2. The maximum Gasteiger partial charge on any atom is 0.157 e. The Balaban J connectivity index is 2.69. The summed E-state index contributed by atoms with van der Waals surface area (Å²) in [6, 6.07) is 5.89. The van der Waals surface area contributed by atoms with Gasteiger partial charge in [0.15, 0.2) is 5.75 Å². The first-order chi connectivity index (χ1) is 6.86. The van der Waals surface area contributed by atoms with Gasteiger partial charge in [-0.1, -0.05) is 0 Å². The van der Waals surface area contributed by atoms with Gasteiger partial charge in [-0.15, -0.1) is 11.3 Å². The molecule has 0 N–H and O–H groups in total. The van der Waals surface area contributed by atoms with Crippen LogP contribution in [0.3, 0.4) is 0 Å². The van der Waals surface area contributed by atoms with Gasteiger partial charge in [0.1, 0.15) is 15.8 Å². The SMILES string of the molecule is CCOc1c(C#N)sc2ncccc12. The molecule has 0 spiro atoms. The molecule has 0 unspecified atom stereocenters. The van der Waals surface area contributed by atoms with E-state index in [1.807, 2.05) is 19.1 Å². The quantitative estimate of drug-likeness (QED) is 0.755. The van der Waals surface area contributed by atoms with Crippen molar-refractivity contribution in [3.63, 3.8) is 0 Å². The van der Waals surface area contributed by atoms with Gasteiger partial charge in [-0.25, -0.2) is 4.98 Å². The second-order valence-corrected chi connectivity index (χ2v) is 3.66. The summed E-state index contributed by atoms with van der Waals surface area (Å²) in [7, 11) is 0. The fourth-order valence-electron chi connectivity index (χ4n) is 1.27. The highest BCUT2D eigenvalue weighted by atomic mass is 32.1. The van der Waals surface area contributed by atoms with Crippen molar-refractivity contribution in [3.05, 3.63) is 23.2 Å². The molecule has 2 heterocycles. The van der Waals surface area contributed by atoms with E-state index in [-0.39, 0.29) is 0 Å². The van der Waals surface area contributed by atoms with Gasteiger partial charge in [0.05, 0.1) is 12.0 Å². The molecule has 0 fully saturated rings. The minimum absolute atomic E-state index is 0.565. The Labute approximate surface area is 85.6 Å². The third kappa shape index (κ3) is 1.32.